The van der Waals surface area contributed by atoms with E-state index in [0.29, 0.717) is 19.1 Å². The molecule has 6 heteroatoms. The molecule has 0 saturated heterocycles. The third-order valence-corrected chi connectivity index (χ3v) is 3.45. The van der Waals surface area contributed by atoms with Gasteiger partial charge in [0.05, 0.1) is 18.8 Å². The highest BCUT2D eigenvalue weighted by Gasteiger charge is 2.04. The fourth-order valence-electron chi connectivity index (χ4n) is 2.33. The van der Waals surface area contributed by atoms with Crippen LogP contribution in [0.2, 0.25) is 0 Å². The van der Waals surface area contributed by atoms with Gasteiger partial charge in [0.15, 0.2) is 0 Å². The van der Waals surface area contributed by atoms with Gasteiger partial charge in [-0.15, -0.1) is 0 Å². The average molecular weight is 335 g/mol. The summed E-state index contributed by atoms with van der Waals surface area (Å²) in [6, 6.07) is 15.5. The highest BCUT2D eigenvalue weighted by Crippen LogP contribution is 2.19. The minimum Gasteiger partial charge on any atom is -0.494 e. The Hall–Kier alpha value is -3.15. The minimum atomic E-state index is 0.549. The second-order valence-corrected chi connectivity index (χ2v) is 5.48. The maximum atomic E-state index is 5.45. The molecule has 1 aromatic carbocycles. The van der Waals surface area contributed by atoms with Crippen LogP contribution in [0.5, 0.6) is 5.75 Å². The molecule has 0 aliphatic carbocycles. The maximum absolute atomic E-state index is 5.45. The van der Waals surface area contributed by atoms with Crippen LogP contribution in [0.4, 0.5) is 17.5 Å². The van der Waals surface area contributed by atoms with Gasteiger partial charge in [-0.1, -0.05) is 6.07 Å². The summed E-state index contributed by atoms with van der Waals surface area (Å²) in [5.74, 6) is 2.15. The summed E-state index contributed by atoms with van der Waals surface area (Å²) in [5.41, 5.74) is 2.75. The summed E-state index contributed by atoms with van der Waals surface area (Å²) in [6.07, 6.45) is 1.78. The molecule has 0 spiro atoms. The normalized spacial score (nSPS) is 10.3. The molecule has 0 atom stereocenters. The largest absolute Gasteiger partial charge is 0.494 e. The minimum absolute atomic E-state index is 0.549. The number of benzene rings is 1. The van der Waals surface area contributed by atoms with Gasteiger partial charge in [-0.05, 0) is 50.2 Å². The van der Waals surface area contributed by atoms with Crippen LogP contribution >= 0.6 is 0 Å². The van der Waals surface area contributed by atoms with Crippen LogP contribution in [0.25, 0.3) is 0 Å². The van der Waals surface area contributed by atoms with Gasteiger partial charge in [0, 0.05) is 23.6 Å². The molecule has 0 saturated carbocycles. The number of nitrogens with one attached hydrogen (secondary N) is 2. The lowest BCUT2D eigenvalue weighted by molar-refractivity contribution is 0.340. The Morgan fingerprint density at radius 3 is 2.60 bits per heavy atom. The van der Waals surface area contributed by atoms with Gasteiger partial charge in [0.25, 0.3) is 0 Å². The van der Waals surface area contributed by atoms with Crippen LogP contribution in [0.3, 0.4) is 0 Å². The second-order valence-electron chi connectivity index (χ2n) is 5.48. The molecule has 0 aliphatic heterocycles. The van der Waals surface area contributed by atoms with E-state index in [0.717, 1.165) is 28.6 Å². The molecule has 0 radical (unpaired) electrons. The first-order valence-electron chi connectivity index (χ1n) is 8.22. The van der Waals surface area contributed by atoms with Crippen LogP contribution < -0.4 is 15.4 Å². The lowest BCUT2D eigenvalue weighted by Crippen LogP contribution is -2.06. The topological polar surface area (TPSA) is 72.0 Å². The Labute approximate surface area is 147 Å². The molecule has 0 amide bonds. The third kappa shape index (κ3) is 4.91. The van der Waals surface area contributed by atoms with Gasteiger partial charge in [-0.2, -0.15) is 4.98 Å². The molecular formula is C19H21N5O. The van der Waals surface area contributed by atoms with Crippen LogP contribution in [0.15, 0.2) is 54.7 Å². The fraction of sp³-hybridized carbons (Fsp3) is 0.211. The number of ether oxygens (including phenoxy) is 1. The molecule has 2 aromatic heterocycles. The fourth-order valence-corrected chi connectivity index (χ4v) is 2.33. The first-order valence-corrected chi connectivity index (χ1v) is 8.22. The van der Waals surface area contributed by atoms with E-state index in [9.17, 15) is 0 Å². The monoisotopic (exact) mass is 335 g/mol. The molecule has 25 heavy (non-hydrogen) atoms. The van der Waals surface area contributed by atoms with Crippen molar-refractivity contribution in [2.45, 2.75) is 20.4 Å². The van der Waals surface area contributed by atoms with E-state index in [1.54, 1.807) is 6.20 Å². The maximum Gasteiger partial charge on any atom is 0.229 e. The summed E-state index contributed by atoms with van der Waals surface area (Å²) in [6.45, 7) is 5.17. The summed E-state index contributed by atoms with van der Waals surface area (Å²) in [7, 11) is 0. The number of rotatable bonds is 7. The standard InChI is InChI=1S/C19H21N5O/c1-3-25-17-9-7-15(8-10-17)23-19-22-14(2)12-18(24-19)21-13-16-6-4-5-11-20-16/h4-12H,3,13H2,1-2H3,(H2,21,22,23,24). The Morgan fingerprint density at radius 2 is 1.88 bits per heavy atom. The quantitative estimate of drug-likeness (QED) is 0.681. The average Bonchev–Trinajstić information content (AvgIpc) is 2.62. The SMILES string of the molecule is CCOc1ccc(Nc2nc(C)cc(NCc3ccccn3)n2)cc1. The van der Waals surface area contributed by atoms with Crippen molar-refractivity contribution in [1.29, 1.82) is 0 Å². The van der Waals surface area contributed by atoms with Gasteiger partial charge in [0.1, 0.15) is 11.6 Å². The number of nitrogens with zero attached hydrogens (tertiary/aromatic N) is 3. The van der Waals surface area contributed by atoms with Gasteiger partial charge >= 0.3 is 0 Å². The Kier molecular flexibility index (Phi) is 5.41. The molecular weight excluding hydrogens is 314 g/mol. The van der Waals surface area contributed by atoms with Crippen molar-refractivity contribution in [3.8, 4) is 5.75 Å². The zero-order chi connectivity index (χ0) is 17.5. The molecule has 0 unspecified atom stereocenters. The number of aryl methyl sites for hydroxylation is 1. The van der Waals surface area contributed by atoms with Gasteiger partial charge in [-0.25, -0.2) is 4.98 Å². The molecule has 0 bridgehead atoms. The number of hydrogen-bond donors (Lipinski definition) is 2. The summed E-state index contributed by atoms with van der Waals surface area (Å²) in [5, 5.41) is 6.50. The van der Waals surface area contributed by atoms with Crippen molar-refractivity contribution in [2.75, 3.05) is 17.2 Å². The first-order chi connectivity index (χ1) is 12.2. The molecule has 3 aromatic rings. The van der Waals surface area contributed by atoms with E-state index in [2.05, 4.69) is 25.6 Å². The van der Waals surface area contributed by atoms with E-state index >= 15 is 0 Å². The Balaban J connectivity index is 1.68. The third-order valence-electron chi connectivity index (χ3n) is 3.45. The van der Waals surface area contributed by atoms with Crippen molar-refractivity contribution in [1.82, 2.24) is 15.0 Å². The van der Waals surface area contributed by atoms with E-state index in [1.807, 2.05) is 62.4 Å². The number of hydrogen-bond acceptors (Lipinski definition) is 6. The number of anilines is 3. The zero-order valence-electron chi connectivity index (χ0n) is 14.4. The summed E-state index contributed by atoms with van der Waals surface area (Å²) >= 11 is 0. The van der Waals surface area contributed by atoms with E-state index in [4.69, 9.17) is 4.74 Å². The van der Waals surface area contributed by atoms with Gasteiger partial charge in [-0.3, -0.25) is 4.98 Å². The van der Waals surface area contributed by atoms with E-state index in [-0.39, 0.29) is 0 Å². The lowest BCUT2D eigenvalue weighted by atomic mass is 10.3. The summed E-state index contributed by atoms with van der Waals surface area (Å²) < 4.78 is 5.45. The van der Waals surface area contributed by atoms with Crippen LogP contribution in [-0.4, -0.2) is 21.6 Å². The van der Waals surface area contributed by atoms with Crippen LogP contribution in [-0.2, 0) is 6.54 Å². The van der Waals surface area contributed by atoms with Crippen molar-refractivity contribution in [2.24, 2.45) is 0 Å². The second kappa shape index (κ2) is 8.10. The predicted molar refractivity (Wildman–Crippen MR) is 99.2 cm³/mol. The number of pyridine rings is 1. The van der Waals surface area contributed by atoms with Crippen molar-refractivity contribution in [3.63, 3.8) is 0 Å². The first kappa shape index (κ1) is 16.7. The molecule has 6 nitrogen and oxygen atoms in total. The molecule has 3 rings (SSSR count). The zero-order valence-corrected chi connectivity index (χ0v) is 14.4. The smallest absolute Gasteiger partial charge is 0.229 e. The Morgan fingerprint density at radius 1 is 1.04 bits per heavy atom. The highest BCUT2D eigenvalue weighted by molar-refractivity contribution is 5.56. The van der Waals surface area contributed by atoms with Crippen molar-refractivity contribution in [3.05, 3.63) is 66.1 Å². The van der Waals surface area contributed by atoms with E-state index in [1.165, 1.54) is 0 Å². The molecule has 0 aliphatic rings. The molecule has 2 N–H and O–H groups in total. The van der Waals surface area contributed by atoms with Crippen LogP contribution in [0.1, 0.15) is 18.3 Å². The number of aromatic nitrogens is 3. The van der Waals surface area contributed by atoms with Gasteiger partial charge < -0.3 is 15.4 Å². The Bertz CT molecular complexity index is 806. The summed E-state index contributed by atoms with van der Waals surface area (Å²) in [4.78, 5) is 13.2. The van der Waals surface area contributed by atoms with Gasteiger partial charge in [0.2, 0.25) is 5.95 Å². The van der Waals surface area contributed by atoms with Crippen molar-refractivity contribution >= 4 is 17.5 Å². The molecule has 2 heterocycles. The lowest BCUT2D eigenvalue weighted by Gasteiger charge is -2.10. The van der Waals surface area contributed by atoms with Crippen molar-refractivity contribution < 1.29 is 4.74 Å². The molecule has 128 valence electrons. The molecule has 0 fully saturated rings. The predicted octanol–water partition coefficient (Wildman–Crippen LogP) is 3.93. The van der Waals surface area contributed by atoms with Crippen LogP contribution in [0, 0.1) is 6.92 Å². The highest BCUT2D eigenvalue weighted by atomic mass is 16.5. The van der Waals surface area contributed by atoms with E-state index < -0.39 is 0 Å².